The summed E-state index contributed by atoms with van der Waals surface area (Å²) in [6.45, 7) is 5.26. The molecule has 4 rings (SSSR count). The van der Waals surface area contributed by atoms with E-state index >= 15 is 0 Å². The molecule has 0 radical (unpaired) electrons. The molecule has 4 nitrogen and oxygen atoms in total. The van der Waals surface area contributed by atoms with Crippen molar-refractivity contribution < 1.29 is 14.1 Å². The second-order valence-corrected chi connectivity index (χ2v) is 7.52. The van der Waals surface area contributed by atoms with E-state index in [-0.39, 0.29) is 11.9 Å². The Hall–Kier alpha value is -3.11. The third-order valence-electron chi connectivity index (χ3n) is 5.54. The van der Waals surface area contributed by atoms with Crippen LogP contribution in [0, 0.1) is 6.92 Å². The zero-order valence-electron chi connectivity index (χ0n) is 16.8. The minimum Gasteiger partial charge on any atom is -0.462 e. The predicted molar refractivity (Wildman–Crippen MR) is 114 cm³/mol. The van der Waals surface area contributed by atoms with Crippen LogP contribution in [0.15, 0.2) is 83.3 Å². The number of furan rings is 1. The highest BCUT2D eigenvalue weighted by Gasteiger charge is 2.30. The van der Waals surface area contributed by atoms with Gasteiger partial charge in [0, 0.05) is 17.2 Å². The van der Waals surface area contributed by atoms with E-state index < -0.39 is 0 Å². The summed E-state index contributed by atoms with van der Waals surface area (Å²) in [5.74, 6) is 1.62. The maximum absolute atomic E-state index is 12.6. The lowest BCUT2D eigenvalue weighted by Crippen LogP contribution is -3.15. The molecule has 2 heterocycles. The molecule has 3 aromatic rings. The van der Waals surface area contributed by atoms with E-state index in [0.717, 1.165) is 31.9 Å². The molecule has 1 amide bonds. The summed E-state index contributed by atoms with van der Waals surface area (Å²) in [6.07, 6.45) is 3.38. The molecule has 1 saturated heterocycles. The van der Waals surface area contributed by atoms with Gasteiger partial charge in [-0.2, -0.15) is 0 Å². The molecule has 4 heteroatoms. The van der Waals surface area contributed by atoms with Crippen molar-refractivity contribution in [3.8, 4) is 0 Å². The molecular weight excluding hydrogens is 360 g/mol. The molecule has 0 spiro atoms. The standard InChI is InChI=1S/C25H26N2O2/c1-20-12-13-23(29-20)14-15-24(28)26-16-18-27(19-17-26)25(21-8-4-2-5-9-21)22-10-6-3-7-11-22/h2-15,25H,16-19H2,1H3/p+1/b15-14+. The number of carbonyl (C=O) groups is 1. The fraction of sp³-hybridized carbons (Fsp3) is 0.240. The number of quaternary nitrogens is 1. The Morgan fingerprint density at radius 2 is 1.52 bits per heavy atom. The van der Waals surface area contributed by atoms with Crippen LogP contribution in [-0.4, -0.2) is 37.0 Å². The average Bonchev–Trinajstić information content (AvgIpc) is 3.19. The maximum Gasteiger partial charge on any atom is 0.247 e. The Kier molecular flexibility index (Phi) is 5.92. The summed E-state index contributed by atoms with van der Waals surface area (Å²) in [5.41, 5.74) is 2.64. The van der Waals surface area contributed by atoms with Gasteiger partial charge in [0.05, 0.1) is 26.2 Å². The molecule has 1 aromatic heterocycles. The van der Waals surface area contributed by atoms with Gasteiger partial charge in [0.1, 0.15) is 17.6 Å². The van der Waals surface area contributed by atoms with Gasteiger partial charge in [-0.25, -0.2) is 0 Å². The molecule has 1 aliphatic heterocycles. The third kappa shape index (κ3) is 4.66. The van der Waals surface area contributed by atoms with Crippen molar-refractivity contribution >= 4 is 12.0 Å². The molecule has 0 unspecified atom stereocenters. The van der Waals surface area contributed by atoms with Gasteiger partial charge in [-0.3, -0.25) is 4.79 Å². The van der Waals surface area contributed by atoms with Crippen LogP contribution in [0.5, 0.6) is 0 Å². The van der Waals surface area contributed by atoms with E-state index in [0.29, 0.717) is 5.76 Å². The zero-order valence-corrected chi connectivity index (χ0v) is 16.8. The first kappa shape index (κ1) is 19.2. The lowest BCUT2D eigenvalue weighted by atomic mass is 9.96. The van der Waals surface area contributed by atoms with Gasteiger partial charge in [-0.05, 0) is 25.1 Å². The molecular formula is C25H27N2O2+. The fourth-order valence-electron chi connectivity index (χ4n) is 4.06. The van der Waals surface area contributed by atoms with Crippen LogP contribution in [0.1, 0.15) is 28.7 Å². The minimum absolute atomic E-state index is 0.0501. The van der Waals surface area contributed by atoms with Crippen molar-refractivity contribution in [2.24, 2.45) is 0 Å². The highest BCUT2D eigenvalue weighted by Crippen LogP contribution is 2.19. The number of piperazine rings is 1. The van der Waals surface area contributed by atoms with Crippen LogP contribution in [0.2, 0.25) is 0 Å². The number of amides is 1. The Balaban J connectivity index is 1.44. The van der Waals surface area contributed by atoms with Gasteiger partial charge in [0.2, 0.25) is 5.91 Å². The van der Waals surface area contributed by atoms with Crippen molar-refractivity contribution in [1.29, 1.82) is 0 Å². The molecule has 148 valence electrons. The van der Waals surface area contributed by atoms with Crippen LogP contribution in [0.3, 0.4) is 0 Å². The van der Waals surface area contributed by atoms with E-state index in [1.807, 2.05) is 24.0 Å². The number of hydrogen-bond acceptors (Lipinski definition) is 2. The van der Waals surface area contributed by atoms with E-state index in [1.165, 1.54) is 16.0 Å². The van der Waals surface area contributed by atoms with Crippen LogP contribution < -0.4 is 4.90 Å². The number of carbonyl (C=O) groups excluding carboxylic acids is 1. The molecule has 0 aliphatic carbocycles. The minimum atomic E-state index is 0.0501. The highest BCUT2D eigenvalue weighted by molar-refractivity contribution is 5.91. The van der Waals surface area contributed by atoms with E-state index in [9.17, 15) is 4.79 Å². The van der Waals surface area contributed by atoms with Crippen LogP contribution in [-0.2, 0) is 4.79 Å². The quantitative estimate of drug-likeness (QED) is 0.683. The van der Waals surface area contributed by atoms with Gasteiger partial charge >= 0.3 is 0 Å². The van der Waals surface area contributed by atoms with Gasteiger partial charge in [0.15, 0.2) is 0 Å². The predicted octanol–water partition coefficient (Wildman–Crippen LogP) is 3.12. The molecule has 0 atom stereocenters. The Morgan fingerprint density at radius 1 is 0.931 bits per heavy atom. The van der Waals surface area contributed by atoms with Gasteiger partial charge < -0.3 is 14.2 Å². The van der Waals surface area contributed by atoms with E-state index in [1.54, 1.807) is 12.2 Å². The number of hydrogen-bond donors (Lipinski definition) is 1. The molecule has 1 fully saturated rings. The average molecular weight is 388 g/mol. The Labute approximate surface area is 172 Å². The van der Waals surface area contributed by atoms with Gasteiger partial charge in [-0.15, -0.1) is 0 Å². The maximum atomic E-state index is 12.6. The first-order valence-electron chi connectivity index (χ1n) is 10.2. The molecule has 29 heavy (non-hydrogen) atoms. The second-order valence-electron chi connectivity index (χ2n) is 7.52. The van der Waals surface area contributed by atoms with Crippen LogP contribution in [0.25, 0.3) is 6.08 Å². The van der Waals surface area contributed by atoms with Crippen molar-refractivity contribution in [1.82, 2.24) is 4.90 Å². The number of rotatable bonds is 5. The molecule has 0 saturated carbocycles. The first-order valence-corrected chi connectivity index (χ1v) is 10.2. The summed E-state index contributed by atoms with van der Waals surface area (Å²) in [6, 6.07) is 25.4. The van der Waals surface area contributed by atoms with Crippen LogP contribution >= 0.6 is 0 Å². The van der Waals surface area contributed by atoms with E-state index in [2.05, 4.69) is 60.7 Å². The monoisotopic (exact) mass is 387 g/mol. The summed E-state index contributed by atoms with van der Waals surface area (Å²) in [7, 11) is 0. The SMILES string of the molecule is Cc1ccc(/C=C/C(=O)N2CC[NH+](C(c3ccccc3)c3ccccc3)CC2)o1. The Bertz CT molecular complexity index is 915. The normalized spacial score (nSPS) is 15.3. The summed E-state index contributed by atoms with van der Waals surface area (Å²) in [5, 5.41) is 0. The van der Waals surface area contributed by atoms with E-state index in [4.69, 9.17) is 4.42 Å². The topological polar surface area (TPSA) is 37.9 Å². The summed E-state index contributed by atoms with van der Waals surface area (Å²) in [4.78, 5) is 16.0. The number of nitrogens with zero attached hydrogens (tertiary/aromatic N) is 1. The molecule has 2 aromatic carbocycles. The van der Waals surface area contributed by atoms with Crippen molar-refractivity contribution in [3.05, 3.63) is 102 Å². The molecule has 0 bridgehead atoms. The Morgan fingerprint density at radius 3 is 2.03 bits per heavy atom. The van der Waals surface area contributed by atoms with Crippen molar-refractivity contribution in [2.45, 2.75) is 13.0 Å². The summed E-state index contributed by atoms with van der Waals surface area (Å²) >= 11 is 0. The van der Waals surface area contributed by atoms with Crippen molar-refractivity contribution in [2.75, 3.05) is 26.2 Å². The largest absolute Gasteiger partial charge is 0.462 e. The smallest absolute Gasteiger partial charge is 0.247 e. The van der Waals surface area contributed by atoms with Crippen LogP contribution in [0.4, 0.5) is 0 Å². The molecule has 1 aliphatic rings. The van der Waals surface area contributed by atoms with Gasteiger partial charge in [0.25, 0.3) is 0 Å². The number of benzene rings is 2. The number of aryl methyl sites for hydroxylation is 1. The number of nitrogens with one attached hydrogen (secondary N) is 1. The fourth-order valence-corrected chi connectivity index (χ4v) is 4.06. The lowest BCUT2D eigenvalue weighted by Gasteiger charge is -2.36. The molecule has 1 N–H and O–H groups in total. The van der Waals surface area contributed by atoms with Crippen molar-refractivity contribution in [3.63, 3.8) is 0 Å². The highest BCUT2D eigenvalue weighted by atomic mass is 16.3. The zero-order chi connectivity index (χ0) is 20.1. The third-order valence-corrected chi connectivity index (χ3v) is 5.54. The first-order chi connectivity index (χ1) is 14.2. The summed E-state index contributed by atoms with van der Waals surface area (Å²) < 4.78 is 5.51. The van der Waals surface area contributed by atoms with Gasteiger partial charge in [-0.1, -0.05) is 60.7 Å². The second kappa shape index (κ2) is 8.93. The lowest BCUT2D eigenvalue weighted by molar-refractivity contribution is -0.929.